The van der Waals surface area contributed by atoms with Crippen molar-refractivity contribution < 1.29 is 9.53 Å². The number of aliphatic imine (C=N–C) groups is 1. The minimum absolute atomic E-state index is 0. The van der Waals surface area contributed by atoms with Crippen LogP contribution in [-0.2, 0) is 6.42 Å². The van der Waals surface area contributed by atoms with Crippen LogP contribution in [0.15, 0.2) is 59.6 Å². The number of guanidine groups is 1. The summed E-state index contributed by atoms with van der Waals surface area (Å²) in [6.07, 6.45) is 2.03. The number of aryl methyl sites for hydroxylation is 1. The summed E-state index contributed by atoms with van der Waals surface area (Å²) in [6, 6.07) is 17.8. The first-order valence-electron chi connectivity index (χ1n) is 9.55. The zero-order valence-corrected chi connectivity index (χ0v) is 19.6. The lowest BCUT2D eigenvalue weighted by Gasteiger charge is -2.18. The molecule has 0 aromatic heterocycles. The molecule has 7 heteroatoms. The summed E-state index contributed by atoms with van der Waals surface area (Å²) in [7, 11) is 3.35. The second-order valence-electron chi connectivity index (χ2n) is 6.55. The Morgan fingerprint density at radius 3 is 2.31 bits per heavy atom. The van der Waals surface area contributed by atoms with Gasteiger partial charge in [0.25, 0.3) is 5.91 Å². The van der Waals surface area contributed by atoms with E-state index in [1.165, 1.54) is 5.56 Å². The molecule has 0 saturated carbocycles. The smallest absolute Gasteiger partial charge is 0.251 e. The highest BCUT2D eigenvalue weighted by atomic mass is 127. The number of carbonyl (C=O) groups excluding carboxylic acids is 1. The highest BCUT2D eigenvalue weighted by molar-refractivity contribution is 14.0. The van der Waals surface area contributed by atoms with Crippen molar-refractivity contribution in [2.75, 3.05) is 27.2 Å². The minimum Gasteiger partial charge on any atom is -0.497 e. The standard InChI is InChI=1S/C22H30N4O2.HI/c1-17(9-10-18-7-5-4-6-8-18)26-22(23-2)25-16-15-24-21(27)19-11-13-20(28-3)14-12-19;/h4-8,11-14,17H,9-10,15-16H2,1-3H3,(H,24,27)(H2,23,25,26);1H. The molecule has 6 nitrogen and oxygen atoms in total. The molecule has 3 N–H and O–H groups in total. The van der Waals surface area contributed by atoms with Crippen molar-refractivity contribution in [3.63, 3.8) is 0 Å². The maximum absolute atomic E-state index is 12.1. The van der Waals surface area contributed by atoms with E-state index in [4.69, 9.17) is 4.74 Å². The van der Waals surface area contributed by atoms with Crippen LogP contribution in [0.4, 0.5) is 0 Å². The molecule has 1 atom stereocenters. The Labute approximate surface area is 190 Å². The number of rotatable bonds is 9. The SMILES string of the molecule is CN=C(NCCNC(=O)c1ccc(OC)cc1)NC(C)CCc1ccccc1.I. The van der Waals surface area contributed by atoms with Gasteiger partial charge in [-0.15, -0.1) is 24.0 Å². The van der Waals surface area contributed by atoms with Crippen LogP contribution in [0.5, 0.6) is 5.75 Å². The van der Waals surface area contributed by atoms with Crippen molar-refractivity contribution in [2.24, 2.45) is 4.99 Å². The predicted octanol–water partition coefficient (Wildman–Crippen LogP) is 3.23. The van der Waals surface area contributed by atoms with Gasteiger partial charge < -0.3 is 20.7 Å². The minimum atomic E-state index is -0.108. The average molecular weight is 510 g/mol. The summed E-state index contributed by atoms with van der Waals surface area (Å²) >= 11 is 0. The maximum atomic E-state index is 12.1. The summed E-state index contributed by atoms with van der Waals surface area (Å²) in [5.41, 5.74) is 1.94. The summed E-state index contributed by atoms with van der Waals surface area (Å²) < 4.78 is 5.10. The van der Waals surface area contributed by atoms with E-state index in [0.717, 1.165) is 24.6 Å². The fraction of sp³-hybridized carbons (Fsp3) is 0.364. The molecule has 0 bridgehead atoms. The van der Waals surface area contributed by atoms with Crippen LogP contribution < -0.4 is 20.7 Å². The molecule has 0 radical (unpaired) electrons. The lowest BCUT2D eigenvalue weighted by molar-refractivity contribution is 0.0954. The summed E-state index contributed by atoms with van der Waals surface area (Å²) in [4.78, 5) is 16.4. The molecular formula is C22H31IN4O2. The fourth-order valence-electron chi connectivity index (χ4n) is 2.73. The van der Waals surface area contributed by atoms with Gasteiger partial charge in [-0.1, -0.05) is 30.3 Å². The molecule has 0 aliphatic carbocycles. The van der Waals surface area contributed by atoms with Crippen LogP contribution in [0.1, 0.15) is 29.3 Å². The number of benzene rings is 2. The summed E-state index contributed by atoms with van der Waals surface area (Å²) in [6.45, 7) is 3.23. The van der Waals surface area contributed by atoms with E-state index in [-0.39, 0.29) is 29.9 Å². The molecule has 2 rings (SSSR count). The van der Waals surface area contributed by atoms with Crippen LogP contribution in [0.25, 0.3) is 0 Å². The highest BCUT2D eigenvalue weighted by Gasteiger charge is 2.07. The first kappa shape index (κ1) is 24.7. The predicted molar refractivity (Wildman–Crippen MR) is 129 cm³/mol. The van der Waals surface area contributed by atoms with Gasteiger partial charge in [-0.25, -0.2) is 0 Å². The van der Waals surface area contributed by atoms with E-state index < -0.39 is 0 Å². The molecule has 0 fully saturated rings. The van der Waals surface area contributed by atoms with E-state index in [1.54, 1.807) is 38.4 Å². The molecule has 2 aromatic rings. The van der Waals surface area contributed by atoms with Crippen LogP contribution in [-0.4, -0.2) is 45.2 Å². The molecule has 0 spiro atoms. The average Bonchev–Trinajstić information content (AvgIpc) is 2.75. The maximum Gasteiger partial charge on any atom is 0.251 e. The fourth-order valence-corrected chi connectivity index (χ4v) is 2.73. The van der Waals surface area contributed by atoms with Gasteiger partial charge in [0.05, 0.1) is 7.11 Å². The van der Waals surface area contributed by atoms with Gasteiger partial charge in [-0.05, 0) is 49.6 Å². The van der Waals surface area contributed by atoms with Gasteiger partial charge in [0.1, 0.15) is 5.75 Å². The van der Waals surface area contributed by atoms with Crippen molar-refractivity contribution >= 4 is 35.8 Å². The van der Waals surface area contributed by atoms with Crippen LogP contribution in [0.2, 0.25) is 0 Å². The van der Waals surface area contributed by atoms with E-state index in [1.807, 2.05) is 6.07 Å². The molecular weight excluding hydrogens is 479 g/mol. The number of hydrogen-bond donors (Lipinski definition) is 3. The lowest BCUT2D eigenvalue weighted by atomic mass is 10.1. The Morgan fingerprint density at radius 2 is 1.69 bits per heavy atom. The number of halogens is 1. The molecule has 0 heterocycles. The molecule has 0 aliphatic heterocycles. The molecule has 1 unspecified atom stereocenters. The van der Waals surface area contributed by atoms with Crippen LogP contribution >= 0.6 is 24.0 Å². The van der Waals surface area contributed by atoms with Crippen molar-refractivity contribution in [3.05, 3.63) is 65.7 Å². The molecule has 158 valence electrons. The molecule has 0 saturated heterocycles. The third-order valence-electron chi connectivity index (χ3n) is 4.37. The first-order valence-corrected chi connectivity index (χ1v) is 9.55. The molecule has 0 aliphatic rings. The van der Waals surface area contributed by atoms with Gasteiger partial charge in [0.2, 0.25) is 0 Å². The number of carbonyl (C=O) groups is 1. The number of methoxy groups -OCH3 is 1. The van der Waals surface area contributed by atoms with Gasteiger partial charge >= 0.3 is 0 Å². The normalized spacial score (nSPS) is 11.8. The van der Waals surface area contributed by atoms with Crippen LogP contribution in [0.3, 0.4) is 0 Å². The monoisotopic (exact) mass is 510 g/mol. The Bertz CT molecular complexity index is 751. The summed E-state index contributed by atoms with van der Waals surface area (Å²) in [5, 5.41) is 9.50. The summed E-state index contributed by atoms with van der Waals surface area (Å²) in [5.74, 6) is 1.36. The Hall–Kier alpha value is -2.29. The van der Waals surface area contributed by atoms with E-state index >= 15 is 0 Å². The van der Waals surface area contributed by atoms with Crippen LogP contribution in [0, 0.1) is 0 Å². The first-order chi connectivity index (χ1) is 13.6. The van der Waals surface area contributed by atoms with Gasteiger partial charge in [0, 0.05) is 31.7 Å². The Kier molecular flexibility index (Phi) is 11.8. The number of nitrogens with zero attached hydrogens (tertiary/aromatic N) is 1. The Morgan fingerprint density at radius 1 is 1.03 bits per heavy atom. The zero-order chi connectivity index (χ0) is 20.2. The van der Waals surface area contributed by atoms with E-state index in [0.29, 0.717) is 24.7 Å². The van der Waals surface area contributed by atoms with Crippen molar-refractivity contribution in [3.8, 4) is 5.75 Å². The zero-order valence-electron chi connectivity index (χ0n) is 17.3. The van der Waals surface area contributed by atoms with Gasteiger partial charge in [-0.3, -0.25) is 9.79 Å². The quantitative estimate of drug-likeness (QED) is 0.210. The van der Waals surface area contributed by atoms with Gasteiger partial charge in [0.15, 0.2) is 5.96 Å². The molecule has 1 amide bonds. The van der Waals surface area contributed by atoms with Gasteiger partial charge in [-0.2, -0.15) is 0 Å². The second-order valence-corrected chi connectivity index (χ2v) is 6.55. The van der Waals surface area contributed by atoms with Crippen molar-refractivity contribution in [1.82, 2.24) is 16.0 Å². The number of amides is 1. The second kappa shape index (κ2) is 13.8. The Balaban J connectivity index is 0.00000420. The number of nitrogens with one attached hydrogen (secondary N) is 3. The molecule has 29 heavy (non-hydrogen) atoms. The number of hydrogen-bond acceptors (Lipinski definition) is 3. The largest absolute Gasteiger partial charge is 0.497 e. The third kappa shape index (κ3) is 9.17. The van der Waals surface area contributed by atoms with Crippen molar-refractivity contribution in [2.45, 2.75) is 25.8 Å². The lowest BCUT2D eigenvalue weighted by Crippen LogP contribution is -2.45. The van der Waals surface area contributed by atoms with E-state index in [9.17, 15) is 4.79 Å². The van der Waals surface area contributed by atoms with E-state index in [2.05, 4.69) is 52.1 Å². The van der Waals surface area contributed by atoms with Crippen molar-refractivity contribution in [1.29, 1.82) is 0 Å². The third-order valence-corrected chi connectivity index (χ3v) is 4.37. The number of ether oxygens (including phenoxy) is 1. The topological polar surface area (TPSA) is 74.8 Å². The highest BCUT2D eigenvalue weighted by Crippen LogP contribution is 2.10. The molecule has 2 aromatic carbocycles.